The summed E-state index contributed by atoms with van der Waals surface area (Å²) in [5.41, 5.74) is 1.84. The Balaban J connectivity index is 2.77. The lowest BCUT2D eigenvalue weighted by atomic mass is 9.87. The summed E-state index contributed by atoms with van der Waals surface area (Å²) >= 11 is 0. The number of aliphatic hydroxyl groups excluding tert-OH is 2. The smallest absolute Gasteiger partial charge is 0.313 e. The lowest BCUT2D eigenvalue weighted by molar-refractivity contribution is -0.142. The summed E-state index contributed by atoms with van der Waals surface area (Å²) in [6.45, 7) is 12.9. The number of ether oxygens (including phenoxy) is 1. The predicted octanol–water partition coefficient (Wildman–Crippen LogP) is 4.55. The van der Waals surface area contributed by atoms with Gasteiger partial charge in [0.1, 0.15) is 11.9 Å². The molecule has 31 heavy (non-hydrogen) atoms. The zero-order valence-electron chi connectivity index (χ0n) is 20.0. The molecular formula is C26H40O5. The summed E-state index contributed by atoms with van der Waals surface area (Å²) in [5, 5.41) is 19.4. The van der Waals surface area contributed by atoms with E-state index in [-0.39, 0.29) is 35.8 Å². The van der Waals surface area contributed by atoms with Gasteiger partial charge in [-0.2, -0.15) is 0 Å². The highest BCUT2D eigenvalue weighted by Gasteiger charge is 2.41. The third-order valence-corrected chi connectivity index (χ3v) is 6.00. The van der Waals surface area contributed by atoms with Crippen LogP contribution < -0.4 is 0 Å². The van der Waals surface area contributed by atoms with Gasteiger partial charge < -0.3 is 14.9 Å². The van der Waals surface area contributed by atoms with E-state index in [4.69, 9.17) is 4.74 Å². The molecule has 174 valence electrons. The number of cyclic esters (lactones) is 1. The first kappa shape index (κ1) is 27.1. The van der Waals surface area contributed by atoms with Crippen molar-refractivity contribution in [2.45, 2.75) is 79.6 Å². The standard InChI is InChI=1S/C26H40O5/c1-16(11-13-19(4)27)9-8-10-18(3)25-21(6)23(26(30)31-25)15-17(2)12-14-24(29)20(5)22(7)28/h8-10,12,14-16,19-21,23-25,27,29H,11,13H2,1-7H3/b9-8+,14-12+,17-15+,18-10+/t16-,19-,20-,21-,23-,24+,25+/m0/s1. The number of hydrogen-bond acceptors (Lipinski definition) is 5. The van der Waals surface area contributed by atoms with Gasteiger partial charge in [-0.25, -0.2) is 0 Å². The van der Waals surface area contributed by atoms with Crippen molar-refractivity contribution in [3.05, 3.63) is 47.6 Å². The van der Waals surface area contributed by atoms with Crippen molar-refractivity contribution in [1.29, 1.82) is 0 Å². The van der Waals surface area contributed by atoms with Crippen LogP contribution in [0.1, 0.15) is 61.3 Å². The van der Waals surface area contributed by atoms with Crippen molar-refractivity contribution >= 4 is 11.8 Å². The lowest BCUT2D eigenvalue weighted by Crippen LogP contribution is -2.21. The van der Waals surface area contributed by atoms with Crippen LogP contribution in [-0.4, -0.2) is 40.3 Å². The molecule has 1 aliphatic heterocycles. The van der Waals surface area contributed by atoms with E-state index in [1.807, 2.05) is 39.0 Å². The van der Waals surface area contributed by atoms with Crippen LogP contribution in [0.15, 0.2) is 47.6 Å². The van der Waals surface area contributed by atoms with E-state index in [1.54, 1.807) is 26.0 Å². The number of aliphatic hydroxyl groups is 2. The Labute approximate surface area is 187 Å². The summed E-state index contributed by atoms with van der Waals surface area (Å²) < 4.78 is 5.64. The number of Topliss-reactive ketones (excluding diaryl/α,β-unsaturated/α-hetero) is 1. The second kappa shape index (κ2) is 12.8. The molecule has 1 rings (SSSR count). The molecule has 1 aliphatic rings. The molecule has 0 unspecified atom stereocenters. The van der Waals surface area contributed by atoms with Crippen molar-refractivity contribution in [1.82, 2.24) is 0 Å². The molecule has 0 aliphatic carbocycles. The van der Waals surface area contributed by atoms with Gasteiger partial charge in [-0.1, -0.05) is 62.8 Å². The van der Waals surface area contributed by atoms with E-state index in [2.05, 4.69) is 13.0 Å². The predicted molar refractivity (Wildman–Crippen MR) is 124 cm³/mol. The Bertz CT molecular complexity index is 728. The molecule has 7 atom stereocenters. The summed E-state index contributed by atoms with van der Waals surface area (Å²) in [6, 6.07) is 0. The van der Waals surface area contributed by atoms with Crippen molar-refractivity contribution in [3.63, 3.8) is 0 Å². The Morgan fingerprint density at radius 3 is 2.32 bits per heavy atom. The molecule has 0 aromatic heterocycles. The summed E-state index contributed by atoms with van der Waals surface area (Å²) in [5.74, 6) is -0.760. The quantitative estimate of drug-likeness (QED) is 0.370. The van der Waals surface area contributed by atoms with Crippen molar-refractivity contribution < 1.29 is 24.5 Å². The molecule has 1 saturated heterocycles. The Hall–Kier alpha value is -1.98. The normalized spacial score (nSPS) is 26.9. The van der Waals surface area contributed by atoms with Gasteiger partial charge in [0.25, 0.3) is 0 Å². The highest BCUT2D eigenvalue weighted by Crippen LogP contribution is 2.34. The van der Waals surface area contributed by atoms with E-state index in [9.17, 15) is 19.8 Å². The first-order valence-corrected chi connectivity index (χ1v) is 11.2. The van der Waals surface area contributed by atoms with Gasteiger partial charge >= 0.3 is 5.97 Å². The summed E-state index contributed by atoms with van der Waals surface area (Å²) in [4.78, 5) is 23.8. The van der Waals surface area contributed by atoms with Crippen LogP contribution in [0.2, 0.25) is 0 Å². The van der Waals surface area contributed by atoms with E-state index < -0.39 is 12.0 Å². The molecule has 5 heteroatoms. The van der Waals surface area contributed by atoms with Crippen molar-refractivity contribution in [2.24, 2.45) is 23.7 Å². The second-order valence-electron chi connectivity index (χ2n) is 9.10. The van der Waals surface area contributed by atoms with Gasteiger partial charge in [0.05, 0.1) is 18.1 Å². The maximum atomic E-state index is 12.4. The number of allylic oxidation sites excluding steroid dienone is 5. The molecule has 0 saturated carbocycles. The van der Waals surface area contributed by atoms with E-state index in [0.717, 1.165) is 24.0 Å². The van der Waals surface area contributed by atoms with Crippen molar-refractivity contribution in [2.75, 3.05) is 0 Å². The minimum atomic E-state index is -0.846. The van der Waals surface area contributed by atoms with Gasteiger partial charge in [0, 0.05) is 11.8 Å². The molecule has 0 amide bonds. The first-order chi connectivity index (χ1) is 14.4. The van der Waals surface area contributed by atoms with E-state index in [0.29, 0.717) is 5.92 Å². The fourth-order valence-electron chi connectivity index (χ4n) is 3.53. The molecule has 0 radical (unpaired) electrons. The molecular weight excluding hydrogens is 392 g/mol. The van der Waals surface area contributed by atoms with Crippen LogP contribution in [0, 0.1) is 23.7 Å². The number of carbonyl (C=O) groups excluding carboxylic acids is 2. The Morgan fingerprint density at radius 1 is 1.10 bits per heavy atom. The van der Waals surface area contributed by atoms with Crippen molar-refractivity contribution in [3.8, 4) is 0 Å². The molecule has 0 aromatic carbocycles. The Morgan fingerprint density at radius 2 is 1.74 bits per heavy atom. The second-order valence-corrected chi connectivity index (χ2v) is 9.10. The number of hydrogen-bond donors (Lipinski definition) is 2. The maximum Gasteiger partial charge on any atom is 0.313 e. The summed E-state index contributed by atoms with van der Waals surface area (Å²) in [7, 11) is 0. The van der Waals surface area contributed by atoms with Gasteiger partial charge in [0.15, 0.2) is 0 Å². The zero-order valence-corrected chi connectivity index (χ0v) is 20.0. The molecule has 1 heterocycles. The van der Waals surface area contributed by atoms with Crippen LogP contribution in [0.25, 0.3) is 0 Å². The molecule has 0 bridgehead atoms. The fraction of sp³-hybridized carbons (Fsp3) is 0.615. The van der Waals surface area contributed by atoms with Crippen LogP contribution in [-0.2, 0) is 14.3 Å². The third kappa shape index (κ3) is 8.96. The number of carbonyl (C=O) groups is 2. The van der Waals surface area contributed by atoms with E-state index in [1.165, 1.54) is 6.92 Å². The van der Waals surface area contributed by atoms with Gasteiger partial charge in [-0.15, -0.1) is 0 Å². The number of ketones is 1. The van der Waals surface area contributed by atoms with Crippen LogP contribution >= 0.6 is 0 Å². The first-order valence-electron chi connectivity index (χ1n) is 11.2. The number of esters is 1. The molecule has 0 spiro atoms. The molecule has 2 N–H and O–H groups in total. The zero-order chi connectivity index (χ0) is 23.7. The highest BCUT2D eigenvalue weighted by atomic mass is 16.6. The maximum absolute atomic E-state index is 12.4. The fourth-order valence-corrected chi connectivity index (χ4v) is 3.53. The monoisotopic (exact) mass is 432 g/mol. The highest BCUT2D eigenvalue weighted by molar-refractivity contribution is 5.79. The minimum Gasteiger partial charge on any atom is -0.457 e. The van der Waals surface area contributed by atoms with Gasteiger partial charge in [-0.3, -0.25) is 9.59 Å². The third-order valence-electron chi connectivity index (χ3n) is 6.00. The van der Waals surface area contributed by atoms with E-state index >= 15 is 0 Å². The largest absolute Gasteiger partial charge is 0.457 e. The minimum absolute atomic E-state index is 0.00534. The van der Waals surface area contributed by atoms with Crippen LogP contribution in [0.4, 0.5) is 0 Å². The Kier molecular flexibility index (Phi) is 11.1. The average molecular weight is 433 g/mol. The number of rotatable bonds is 11. The lowest BCUT2D eigenvalue weighted by Gasteiger charge is -2.16. The summed E-state index contributed by atoms with van der Waals surface area (Å²) in [6.07, 6.45) is 11.6. The molecule has 0 aromatic rings. The van der Waals surface area contributed by atoms with Gasteiger partial charge in [-0.05, 0) is 52.0 Å². The molecule has 1 fully saturated rings. The van der Waals surface area contributed by atoms with Crippen LogP contribution in [0.5, 0.6) is 0 Å². The van der Waals surface area contributed by atoms with Gasteiger partial charge in [0.2, 0.25) is 0 Å². The average Bonchev–Trinajstić information content (AvgIpc) is 2.97. The SMILES string of the molecule is CC(=O)[C@H](C)[C@H](O)/C=C/C(C)=C/[C@@H]1C(=O)O[C@H](/C(C)=C/C=C/[C@H](C)CC[C@H](C)O)[C@H]1C. The topological polar surface area (TPSA) is 83.8 Å². The van der Waals surface area contributed by atoms with Crippen LogP contribution in [0.3, 0.4) is 0 Å². The molecule has 5 nitrogen and oxygen atoms in total.